The number of ether oxygens (including phenoxy) is 2. The molecule has 1 atom stereocenters. The van der Waals surface area contributed by atoms with Crippen molar-refractivity contribution < 1.29 is 19.1 Å². The minimum Gasteiger partial charge on any atom is -0.463 e. The van der Waals surface area contributed by atoms with Crippen molar-refractivity contribution >= 4 is 12.4 Å². The van der Waals surface area contributed by atoms with Crippen molar-refractivity contribution in [1.29, 1.82) is 0 Å². The first-order chi connectivity index (χ1) is 10.8. The Labute approximate surface area is 135 Å². The van der Waals surface area contributed by atoms with E-state index >= 15 is 0 Å². The van der Waals surface area contributed by atoms with E-state index in [0.29, 0.717) is 13.0 Å². The highest BCUT2D eigenvalue weighted by molar-refractivity contribution is 5.75. The summed E-state index contributed by atoms with van der Waals surface area (Å²) >= 11 is 0. The monoisotopic (exact) mass is 313 g/mol. The first-order valence-electron chi connectivity index (χ1n) is 8.95. The van der Waals surface area contributed by atoms with Gasteiger partial charge in [0.2, 0.25) is 0 Å². The summed E-state index contributed by atoms with van der Waals surface area (Å²) in [7, 11) is 0. The van der Waals surface area contributed by atoms with Crippen molar-refractivity contribution in [3.8, 4) is 0 Å². The Bertz CT molecular complexity index is 266. The van der Waals surface area contributed by atoms with Crippen molar-refractivity contribution in [2.24, 2.45) is 0 Å². The molecular formula is C18H33O4. The largest absolute Gasteiger partial charge is 0.463 e. The van der Waals surface area contributed by atoms with Gasteiger partial charge >= 0.3 is 12.4 Å². The van der Waals surface area contributed by atoms with Gasteiger partial charge in [0.1, 0.15) is 0 Å². The SMILES string of the molecule is CCCCCCCCCCCC(O[C]=O)C(=O)OCCCC. The molecule has 1 unspecified atom stereocenters. The third kappa shape index (κ3) is 12.7. The molecule has 4 heteroatoms. The maximum absolute atomic E-state index is 11.7. The Morgan fingerprint density at radius 2 is 1.41 bits per heavy atom. The molecule has 0 aromatic carbocycles. The molecule has 22 heavy (non-hydrogen) atoms. The van der Waals surface area contributed by atoms with E-state index in [1.807, 2.05) is 6.92 Å². The van der Waals surface area contributed by atoms with E-state index < -0.39 is 12.1 Å². The topological polar surface area (TPSA) is 52.6 Å². The average molecular weight is 313 g/mol. The van der Waals surface area contributed by atoms with Gasteiger partial charge in [0.05, 0.1) is 6.61 Å². The van der Waals surface area contributed by atoms with Gasteiger partial charge in [0.15, 0.2) is 6.10 Å². The standard InChI is InChI=1S/C18H33O4/c1-3-5-7-8-9-10-11-12-13-14-17(22-16-19)18(20)21-15-6-4-2/h17H,3-15H2,1-2H3. The Hall–Kier alpha value is -1.06. The molecule has 0 aromatic rings. The van der Waals surface area contributed by atoms with Crippen LogP contribution < -0.4 is 0 Å². The van der Waals surface area contributed by atoms with Crippen LogP contribution in [0.4, 0.5) is 0 Å². The summed E-state index contributed by atoms with van der Waals surface area (Å²) in [4.78, 5) is 22.1. The van der Waals surface area contributed by atoms with E-state index in [1.54, 1.807) is 0 Å². The smallest absolute Gasteiger partial charge is 0.418 e. The summed E-state index contributed by atoms with van der Waals surface area (Å²) in [6.45, 7) is 6.02. The molecule has 0 bridgehead atoms. The number of rotatable bonds is 16. The van der Waals surface area contributed by atoms with Crippen LogP contribution in [-0.2, 0) is 19.1 Å². The van der Waals surface area contributed by atoms with Crippen LogP contribution in [0.25, 0.3) is 0 Å². The number of carbonyl (C=O) groups excluding carboxylic acids is 2. The fraction of sp³-hybridized carbons (Fsp3) is 0.889. The van der Waals surface area contributed by atoms with Gasteiger partial charge < -0.3 is 9.47 Å². The molecule has 0 aliphatic carbocycles. The molecule has 0 aliphatic rings. The van der Waals surface area contributed by atoms with Crippen molar-refractivity contribution in [3.05, 3.63) is 0 Å². The predicted molar refractivity (Wildman–Crippen MR) is 88.3 cm³/mol. The van der Waals surface area contributed by atoms with E-state index in [1.165, 1.54) is 51.4 Å². The van der Waals surface area contributed by atoms with Gasteiger partial charge in [-0.2, -0.15) is 0 Å². The summed E-state index contributed by atoms with van der Waals surface area (Å²) in [6.07, 6.45) is 12.5. The lowest BCUT2D eigenvalue weighted by Gasteiger charge is -2.13. The van der Waals surface area contributed by atoms with Crippen LogP contribution in [-0.4, -0.2) is 25.2 Å². The highest BCUT2D eigenvalue weighted by Gasteiger charge is 2.21. The van der Waals surface area contributed by atoms with Crippen LogP contribution in [0.3, 0.4) is 0 Å². The molecule has 129 valence electrons. The Kier molecular flexibility index (Phi) is 15.5. The van der Waals surface area contributed by atoms with Crippen molar-refractivity contribution in [3.63, 3.8) is 0 Å². The average Bonchev–Trinajstić information content (AvgIpc) is 2.52. The van der Waals surface area contributed by atoms with Crippen LogP contribution >= 0.6 is 0 Å². The van der Waals surface area contributed by atoms with E-state index in [0.717, 1.165) is 25.7 Å². The molecule has 0 amide bonds. The zero-order valence-electron chi connectivity index (χ0n) is 14.4. The Morgan fingerprint density at radius 3 is 1.95 bits per heavy atom. The number of hydrogen-bond acceptors (Lipinski definition) is 4. The molecule has 0 saturated heterocycles. The van der Waals surface area contributed by atoms with E-state index in [-0.39, 0.29) is 0 Å². The fourth-order valence-corrected chi connectivity index (χ4v) is 2.33. The van der Waals surface area contributed by atoms with Gasteiger partial charge in [-0.3, -0.25) is 0 Å². The molecule has 0 N–H and O–H groups in total. The molecule has 0 spiro atoms. The molecule has 0 heterocycles. The van der Waals surface area contributed by atoms with Crippen molar-refractivity contribution in [1.82, 2.24) is 0 Å². The maximum Gasteiger partial charge on any atom is 0.418 e. The van der Waals surface area contributed by atoms with E-state index in [9.17, 15) is 9.59 Å². The van der Waals surface area contributed by atoms with E-state index in [4.69, 9.17) is 9.47 Å². The van der Waals surface area contributed by atoms with Crippen molar-refractivity contribution in [2.45, 2.75) is 97.0 Å². The number of unbranched alkanes of at least 4 members (excludes halogenated alkanes) is 9. The third-order valence-corrected chi connectivity index (χ3v) is 3.77. The van der Waals surface area contributed by atoms with Gasteiger partial charge in [-0.25, -0.2) is 9.59 Å². The molecule has 0 aliphatic heterocycles. The normalized spacial score (nSPS) is 11.9. The predicted octanol–water partition coefficient (Wildman–Crippen LogP) is 4.70. The molecule has 0 rings (SSSR count). The van der Waals surface area contributed by atoms with Gasteiger partial charge in [-0.1, -0.05) is 71.6 Å². The summed E-state index contributed by atoms with van der Waals surface area (Å²) in [6, 6.07) is 0. The van der Waals surface area contributed by atoms with Gasteiger partial charge in [-0.15, -0.1) is 0 Å². The quantitative estimate of drug-likeness (QED) is 0.306. The zero-order valence-corrected chi connectivity index (χ0v) is 14.4. The second-order valence-electron chi connectivity index (χ2n) is 5.83. The molecule has 0 saturated carbocycles. The molecular weight excluding hydrogens is 280 g/mol. The summed E-state index contributed by atoms with van der Waals surface area (Å²) < 4.78 is 9.81. The summed E-state index contributed by atoms with van der Waals surface area (Å²) in [5.41, 5.74) is 0. The Morgan fingerprint density at radius 1 is 0.864 bits per heavy atom. The summed E-state index contributed by atoms with van der Waals surface area (Å²) in [5, 5.41) is 0. The van der Waals surface area contributed by atoms with E-state index in [2.05, 4.69) is 6.92 Å². The van der Waals surface area contributed by atoms with Gasteiger partial charge in [0.25, 0.3) is 0 Å². The lowest BCUT2D eigenvalue weighted by molar-refractivity contribution is -0.153. The molecule has 0 fully saturated rings. The number of carbonyl (C=O) groups is 1. The first-order valence-corrected chi connectivity index (χ1v) is 8.95. The first kappa shape index (κ1) is 20.9. The molecule has 0 aromatic heterocycles. The highest BCUT2D eigenvalue weighted by Crippen LogP contribution is 2.13. The van der Waals surface area contributed by atoms with Crippen LogP contribution in [0.15, 0.2) is 0 Å². The second kappa shape index (κ2) is 16.3. The molecule has 1 radical (unpaired) electrons. The second-order valence-corrected chi connectivity index (χ2v) is 5.83. The number of esters is 1. The van der Waals surface area contributed by atoms with Gasteiger partial charge in [-0.05, 0) is 19.3 Å². The van der Waals surface area contributed by atoms with Crippen LogP contribution in [0.5, 0.6) is 0 Å². The highest BCUT2D eigenvalue weighted by atomic mass is 16.6. The minimum absolute atomic E-state index is 0.395. The maximum atomic E-state index is 11.7. The van der Waals surface area contributed by atoms with Crippen LogP contribution in [0.1, 0.15) is 90.9 Å². The van der Waals surface area contributed by atoms with Gasteiger partial charge in [0, 0.05) is 0 Å². The van der Waals surface area contributed by atoms with Crippen LogP contribution in [0.2, 0.25) is 0 Å². The van der Waals surface area contributed by atoms with Crippen molar-refractivity contribution in [2.75, 3.05) is 6.61 Å². The summed E-state index contributed by atoms with van der Waals surface area (Å²) in [5.74, 6) is -0.434. The molecule has 4 nitrogen and oxygen atoms in total. The lowest BCUT2D eigenvalue weighted by atomic mass is 10.1. The fourth-order valence-electron chi connectivity index (χ4n) is 2.33. The Balaban J connectivity index is 3.64. The van der Waals surface area contributed by atoms with Crippen LogP contribution in [0, 0.1) is 0 Å². The third-order valence-electron chi connectivity index (χ3n) is 3.77. The zero-order chi connectivity index (χ0) is 16.5. The lowest BCUT2D eigenvalue weighted by Crippen LogP contribution is -2.26. The minimum atomic E-state index is -0.779. The number of hydrogen-bond donors (Lipinski definition) is 0.